The van der Waals surface area contributed by atoms with Crippen molar-refractivity contribution in [3.8, 4) is 11.5 Å². The Morgan fingerprint density at radius 2 is 1.86 bits per heavy atom. The molecule has 2 fully saturated rings. The lowest BCUT2D eigenvalue weighted by Crippen LogP contribution is -2.42. The Labute approximate surface area is 213 Å². The molecule has 0 N–H and O–H groups in total. The second-order valence-corrected chi connectivity index (χ2v) is 10.3. The molecule has 3 aliphatic heterocycles. The predicted octanol–water partition coefficient (Wildman–Crippen LogP) is 3.15. The molecule has 0 saturated carbocycles. The summed E-state index contributed by atoms with van der Waals surface area (Å²) in [5.74, 6) is 2.70. The van der Waals surface area contributed by atoms with E-state index in [2.05, 4.69) is 28.9 Å². The maximum Gasteiger partial charge on any atom is 0.236 e. The van der Waals surface area contributed by atoms with Gasteiger partial charge < -0.3 is 23.8 Å². The molecule has 2 saturated heterocycles. The summed E-state index contributed by atoms with van der Waals surface area (Å²) < 4.78 is 22.9. The molecule has 8 nitrogen and oxygen atoms in total. The monoisotopic (exact) mass is 495 g/mol. The number of aromatic nitrogens is 1. The van der Waals surface area contributed by atoms with Crippen LogP contribution in [0.4, 0.5) is 0 Å². The molecule has 0 aliphatic carbocycles. The van der Waals surface area contributed by atoms with Gasteiger partial charge >= 0.3 is 0 Å². The number of ether oxygens (including phenoxy) is 4. The first-order valence-corrected chi connectivity index (χ1v) is 13.1. The van der Waals surface area contributed by atoms with E-state index < -0.39 is 0 Å². The summed E-state index contributed by atoms with van der Waals surface area (Å²) in [7, 11) is 0. The normalized spacial score (nSPS) is 22.0. The first-order valence-electron chi connectivity index (χ1n) is 13.1. The fourth-order valence-electron chi connectivity index (χ4n) is 5.38. The molecule has 2 atom stereocenters. The van der Waals surface area contributed by atoms with Crippen molar-refractivity contribution >= 4 is 5.91 Å². The lowest BCUT2D eigenvalue weighted by Gasteiger charge is -2.30. The van der Waals surface area contributed by atoms with Crippen molar-refractivity contribution in [2.45, 2.75) is 38.9 Å². The first kappa shape index (κ1) is 25.0. The van der Waals surface area contributed by atoms with Crippen LogP contribution < -0.4 is 9.47 Å². The van der Waals surface area contributed by atoms with Crippen LogP contribution in [0.3, 0.4) is 0 Å². The van der Waals surface area contributed by atoms with Crippen molar-refractivity contribution in [1.29, 1.82) is 0 Å². The Morgan fingerprint density at radius 3 is 2.69 bits per heavy atom. The Hall–Kier alpha value is -2.68. The summed E-state index contributed by atoms with van der Waals surface area (Å²) >= 11 is 0. The van der Waals surface area contributed by atoms with Crippen molar-refractivity contribution < 1.29 is 23.7 Å². The van der Waals surface area contributed by atoms with Gasteiger partial charge in [0.1, 0.15) is 0 Å². The quantitative estimate of drug-likeness (QED) is 0.529. The zero-order chi connectivity index (χ0) is 24.7. The molecule has 1 amide bonds. The molecule has 1 aromatic heterocycles. The Bertz CT molecular complexity index is 998. The van der Waals surface area contributed by atoms with Crippen molar-refractivity contribution in [3.05, 3.63) is 53.9 Å². The van der Waals surface area contributed by atoms with E-state index in [9.17, 15) is 4.79 Å². The van der Waals surface area contributed by atoms with Crippen molar-refractivity contribution in [3.63, 3.8) is 0 Å². The fourth-order valence-corrected chi connectivity index (χ4v) is 5.38. The third-order valence-corrected chi connectivity index (χ3v) is 7.24. The zero-order valence-corrected chi connectivity index (χ0v) is 21.1. The van der Waals surface area contributed by atoms with Gasteiger partial charge in [0.15, 0.2) is 11.5 Å². The van der Waals surface area contributed by atoms with Crippen molar-refractivity contribution in [2.24, 2.45) is 11.8 Å². The van der Waals surface area contributed by atoms with Gasteiger partial charge in [0.05, 0.1) is 19.3 Å². The predicted molar refractivity (Wildman–Crippen MR) is 135 cm³/mol. The minimum atomic E-state index is -0.0396. The number of carbonyl (C=O) groups is 1. The van der Waals surface area contributed by atoms with Crippen LogP contribution in [0.25, 0.3) is 0 Å². The highest BCUT2D eigenvalue weighted by Crippen LogP contribution is 2.33. The molecule has 5 rings (SSSR count). The lowest BCUT2D eigenvalue weighted by atomic mass is 9.99. The average Bonchev–Trinajstić information content (AvgIpc) is 3.30. The molecule has 0 spiro atoms. The molecule has 1 aromatic carbocycles. The van der Waals surface area contributed by atoms with Gasteiger partial charge in [-0.1, -0.05) is 13.0 Å². The number of benzene rings is 1. The van der Waals surface area contributed by atoms with Gasteiger partial charge in [0.25, 0.3) is 0 Å². The largest absolute Gasteiger partial charge is 0.454 e. The van der Waals surface area contributed by atoms with E-state index in [4.69, 9.17) is 18.9 Å². The van der Waals surface area contributed by atoms with Gasteiger partial charge in [-0.3, -0.25) is 14.7 Å². The van der Waals surface area contributed by atoms with E-state index in [1.165, 1.54) is 5.56 Å². The molecule has 2 aromatic rings. The number of fused-ring (bicyclic) bond motifs is 1. The van der Waals surface area contributed by atoms with Crippen LogP contribution in [0.15, 0.2) is 42.7 Å². The van der Waals surface area contributed by atoms with Crippen LogP contribution in [-0.2, 0) is 27.3 Å². The third-order valence-electron chi connectivity index (χ3n) is 7.24. The lowest BCUT2D eigenvalue weighted by molar-refractivity contribution is -0.133. The molecule has 0 radical (unpaired) electrons. The summed E-state index contributed by atoms with van der Waals surface area (Å²) in [5.41, 5.74) is 2.32. The molecule has 0 unspecified atom stereocenters. The molecule has 4 heterocycles. The molecular weight excluding hydrogens is 458 g/mol. The summed E-state index contributed by atoms with van der Waals surface area (Å²) in [6.45, 7) is 8.06. The van der Waals surface area contributed by atoms with Gasteiger partial charge in [0, 0.05) is 51.8 Å². The standard InChI is InChI=1S/C28H37N3O5/c1-21(12-24-2-3-26-27(13-24)36-20-35-26)14-30-16-25(34-19-23-4-8-29-9-5-23)17-31(28(32)18-30)15-22-6-10-33-11-7-22/h2-5,8-9,13,21-22,25H,6-7,10-12,14-20H2,1H3/t21-,25-/m0/s1. The number of amides is 1. The van der Waals surface area contributed by atoms with Gasteiger partial charge in [-0.15, -0.1) is 0 Å². The average molecular weight is 496 g/mol. The van der Waals surface area contributed by atoms with Crippen LogP contribution in [0.5, 0.6) is 11.5 Å². The second-order valence-electron chi connectivity index (χ2n) is 10.3. The van der Waals surface area contributed by atoms with Crippen LogP contribution >= 0.6 is 0 Å². The van der Waals surface area contributed by atoms with Gasteiger partial charge in [0.2, 0.25) is 12.7 Å². The minimum Gasteiger partial charge on any atom is -0.454 e. The summed E-state index contributed by atoms with van der Waals surface area (Å²) in [4.78, 5) is 21.8. The molecule has 8 heteroatoms. The summed E-state index contributed by atoms with van der Waals surface area (Å²) in [5, 5.41) is 0. The van der Waals surface area contributed by atoms with E-state index in [0.717, 1.165) is 69.2 Å². The van der Waals surface area contributed by atoms with E-state index in [0.29, 0.717) is 31.5 Å². The van der Waals surface area contributed by atoms with Crippen molar-refractivity contribution in [1.82, 2.24) is 14.8 Å². The number of rotatable bonds is 9. The SMILES string of the molecule is C[C@@H](Cc1ccc2c(c1)OCO2)CN1CC(=O)N(CC2CCOCC2)C[C@@H](OCc2ccncc2)C1. The fraction of sp³-hybridized carbons (Fsp3) is 0.571. The highest BCUT2D eigenvalue weighted by atomic mass is 16.7. The van der Waals surface area contributed by atoms with Crippen LogP contribution in [0.1, 0.15) is 30.9 Å². The van der Waals surface area contributed by atoms with Crippen LogP contribution in [0.2, 0.25) is 0 Å². The van der Waals surface area contributed by atoms with E-state index in [-0.39, 0.29) is 18.8 Å². The Kier molecular flexibility index (Phi) is 8.36. The maximum atomic E-state index is 13.3. The molecule has 0 bridgehead atoms. The molecule has 36 heavy (non-hydrogen) atoms. The smallest absolute Gasteiger partial charge is 0.236 e. The maximum absolute atomic E-state index is 13.3. The number of carbonyl (C=O) groups excluding carboxylic acids is 1. The van der Waals surface area contributed by atoms with E-state index in [1.807, 2.05) is 23.1 Å². The number of pyridine rings is 1. The van der Waals surface area contributed by atoms with Crippen LogP contribution in [-0.4, -0.2) is 79.5 Å². The van der Waals surface area contributed by atoms with E-state index in [1.54, 1.807) is 12.4 Å². The van der Waals surface area contributed by atoms with Gasteiger partial charge in [-0.25, -0.2) is 0 Å². The Morgan fingerprint density at radius 1 is 1.06 bits per heavy atom. The van der Waals surface area contributed by atoms with Crippen LogP contribution in [0, 0.1) is 11.8 Å². The van der Waals surface area contributed by atoms with Gasteiger partial charge in [-0.05, 0) is 66.5 Å². The summed E-state index contributed by atoms with van der Waals surface area (Å²) in [6.07, 6.45) is 6.48. The number of nitrogens with zero attached hydrogens (tertiary/aromatic N) is 3. The minimum absolute atomic E-state index is 0.0396. The van der Waals surface area contributed by atoms with Gasteiger partial charge in [-0.2, -0.15) is 0 Å². The zero-order valence-electron chi connectivity index (χ0n) is 21.1. The topological polar surface area (TPSA) is 73.4 Å². The van der Waals surface area contributed by atoms with Crippen molar-refractivity contribution in [2.75, 3.05) is 52.7 Å². The highest BCUT2D eigenvalue weighted by Gasteiger charge is 2.31. The first-order chi connectivity index (χ1) is 17.6. The number of hydrogen-bond donors (Lipinski definition) is 0. The molecule has 3 aliphatic rings. The third kappa shape index (κ3) is 6.75. The highest BCUT2D eigenvalue weighted by molar-refractivity contribution is 5.78. The van der Waals surface area contributed by atoms with E-state index >= 15 is 0 Å². The number of hydrogen-bond acceptors (Lipinski definition) is 7. The second kappa shape index (κ2) is 12.0. The Balaban J connectivity index is 1.22. The molecule has 194 valence electrons. The summed E-state index contributed by atoms with van der Waals surface area (Å²) in [6, 6.07) is 10.1. The molecular formula is C28H37N3O5.